The van der Waals surface area contributed by atoms with Gasteiger partial charge in [-0.3, -0.25) is 9.36 Å². The summed E-state index contributed by atoms with van der Waals surface area (Å²) >= 11 is 1.45. The highest BCUT2D eigenvalue weighted by Gasteiger charge is 2.32. The number of fused-ring (bicyclic) bond motifs is 1. The first kappa shape index (κ1) is 21.7. The van der Waals surface area contributed by atoms with E-state index in [9.17, 15) is 4.79 Å². The Hall–Kier alpha value is -2.48. The molecule has 1 fully saturated rings. The molecule has 0 N–H and O–H groups in total. The van der Waals surface area contributed by atoms with E-state index in [4.69, 9.17) is 9.47 Å². The molecule has 1 amide bonds. The largest absolute Gasteiger partial charge is 0.485 e. The van der Waals surface area contributed by atoms with Crippen LogP contribution < -0.4 is 9.47 Å². The molecule has 3 heterocycles. The average Bonchev–Trinajstić information content (AvgIpc) is 3.20. The van der Waals surface area contributed by atoms with Crippen LogP contribution in [0.4, 0.5) is 0 Å². The highest BCUT2D eigenvalue weighted by atomic mass is 32.2. The van der Waals surface area contributed by atoms with Gasteiger partial charge in [-0.05, 0) is 44.7 Å². The zero-order valence-corrected chi connectivity index (χ0v) is 19.0. The van der Waals surface area contributed by atoms with E-state index >= 15 is 0 Å². The fourth-order valence-electron chi connectivity index (χ4n) is 4.23. The fraction of sp³-hybridized carbons (Fsp3) is 0.522. The minimum atomic E-state index is -0.366. The molecule has 31 heavy (non-hydrogen) atoms. The van der Waals surface area contributed by atoms with Gasteiger partial charge < -0.3 is 14.4 Å². The van der Waals surface area contributed by atoms with Gasteiger partial charge in [-0.2, -0.15) is 0 Å². The molecule has 0 spiro atoms. The lowest BCUT2D eigenvalue weighted by Crippen LogP contribution is -2.46. The van der Waals surface area contributed by atoms with E-state index in [0.717, 1.165) is 31.6 Å². The molecule has 0 unspecified atom stereocenters. The Balaban J connectivity index is 1.51. The van der Waals surface area contributed by atoms with Gasteiger partial charge in [0, 0.05) is 19.1 Å². The van der Waals surface area contributed by atoms with Crippen molar-refractivity contribution in [3.8, 4) is 11.5 Å². The van der Waals surface area contributed by atoms with Crippen LogP contribution in [0.1, 0.15) is 51.5 Å². The third kappa shape index (κ3) is 4.59. The van der Waals surface area contributed by atoms with Gasteiger partial charge >= 0.3 is 0 Å². The normalized spacial score (nSPS) is 21.5. The van der Waals surface area contributed by atoms with Crippen LogP contribution in [0.5, 0.6) is 11.5 Å². The first-order chi connectivity index (χ1) is 15.1. The van der Waals surface area contributed by atoms with Crippen molar-refractivity contribution in [2.24, 2.45) is 0 Å². The van der Waals surface area contributed by atoms with Gasteiger partial charge in [-0.15, -0.1) is 16.8 Å². The Morgan fingerprint density at radius 2 is 2.13 bits per heavy atom. The maximum absolute atomic E-state index is 13.2. The monoisotopic (exact) mass is 442 g/mol. The number of hydrogen-bond acceptors (Lipinski definition) is 6. The highest BCUT2D eigenvalue weighted by Crippen LogP contribution is 2.36. The number of rotatable bonds is 7. The van der Waals surface area contributed by atoms with Crippen LogP contribution in [0.25, 0.3) is 0 Å². The second-order valence-electron chi connectivity index (χ2n) is 7.95. The van der Waals surface area contributed by atoms with Crippen LogP contribution in [0, 0.1) is 0 Å². The Morgan fingerprint density at radius 1 is 1.32 bits per heavy atom. The van der Waals surface area contributed by atoms with Gasteiger partial charge in [-0.1, -0.05) is 36.9 Å². The molecule has 1 aromatic carbocycles. The summed E-state index contributed by atoms with van der Waals surface area (Å²) in [6.45, 7) is 9.73. The third-order valence-corrected chi connectivity index (χ3v) is 6.93. The summed E-state index contributed by atoms with van der Waals surface area (Å²) < 4.78 is 14.0. The Labute approximate surface area is 187 Å². The molecule has 3 atom stereocenters. The number of likely N-dealkylation sites (tertiary alicyclic amines) is 1. The number of thioether (sulfide) groups is 1. The number of para-hydroxylation sites is 2. The van der Waals surface area contributed by atoms with E-state index in [2.05, 4.69) is 28.6 Å². The number of ether oxygens (including phenoxy) is 2. The van der Waals surface area contributed by atoms with Crippen molar-refractivity contribution in [3.63, 3.8) is 0 Å². The molecule has 2 aromatic rings. The fourth-order valence-corrected chi connectivity index (χ4v) is 5.17. The summed E-state index contributed by atoms with van der Waals surface area (Å²) in [7, 11) is 0. The smallest absolute Gasteiger partial charge is 0.236 e. The molecule has 1 saturated heterocycles. The number of aromatic nitrogens is 3. The molecule has 166 valence electrons. The standard InChI is InChI=1S/C23H30N4O3S/c1-4-13-27-21(20-15-29-18-11-6-7-12-19(18)30-20)24-25-23(27)31-16(3)22(28)26-14-9-8-10-17(26)5-2/h4,6-7,11-12,16-17,20H,1,5,8-10,13-15H2,2-3H3/t16-,17+,20+/m1/s1. The van der Waals surface area contributed by atoms with Crippen LogP contribution in [0.2, 0.25) is 0 Å². The summed E-state index contributed by atoms with van der Waals surface area (Å²) in [5, 5.41) is 9.25. The quantitative estimate of drug-likeness (QED) is 0.472. The molecule has 0 bridgehead atoms. The van der Waals surface area contributed by atoms with Crippen molar-refractivity contribution in [2.45, 2.75) is 68.6 Å². The lowest BCUT2D eigenvalue weighted by molar-refractivity contribution is -0.134. The van der Waals surface area contributed by atoms with Crippen LogP contribution in [-0.2, 0) is 11.3 Å². The molecule has 4 rings (SSSR count). The SMILES string of the molecule is C=CCn1c(S[C@H](C)C(=O)N2CCCC[C@@H]2CC)nnc1[C@@H]1COc2ccccc2O1. The molecule has 1 aromatic heterocycles. The van der Waals surface area contributed by atoms with Gasteiger partial charge in [0.1, 0.15) is 6.61 Å². The van der Waals surface area contributed by atoms with Crippen molar-refractivity contribution in [1.29, 1.82) is 0 Å². The molecular weight excluding hydrogens is 412 g/mol. The third-order valence-electron chi connectivity index (χ3n) is 5.87. The highest BCUT2D eigenvalue weighted by molar-refractivity contribution is 8.00. The van der Waals surface area contributed by atoms with E-state index in [1.807, 2.05) is 35.8 Å². The summed E-state index contributed by atoms with van der Waals surface area (Å²) in [4.78, 5) is 15.2. The number of carbonyl (C=O) groups excluding carboxylic acids is 1. The predicted octanol–water partition coefficient (Wildman–Crippen LogP) is 4.25. The summed E-state index contributed by atoms with van der Waals surface area (Å²) in [5.41, 5.74) is 0. The van der Waals surface area contributed by atoms with E-state index < -0.39 is 0 Å². The molecule has 2 aliphatic heterocycles. The number of nitrogens with zero attached hydrogens (tertiary/aromatic N) is 4. The van der Waals surface area contributed by atoms with Crippen molar-refractivity contribution in [1.82, 2.24) is 19.7 Å². The summed E-state index contributed by atoms with van der Waals surface area (Å²) in [6.07, 6.45) is 5.81. The Morgan fingerprint density at radius 3 is 2.90 bits per heavy atom. The molecule has 0 aliphatic carbocycles. The molecule has 0 saturated carbocycles. The summed E-state index contributed by atoms with van der Waals surface area (Å²) in [5.74, 6) is 2.29. The minimum Gasteiger partial charge on any atom is -0.485 e. The molecule has 8 heteroatoms. The van der Waals surface area contributed by atoms with E-state index in [-0.39, 0.29) is 17.3 Å². The van der Waals surface area contributed by atoms with E-state index in [1.54, 1.807) is 6.08 Å². The van der Waals surface area contributed by atoms with Gasteiger partial charge in [0.05, 0.1) is 5.25 Å². The van der Waals surface area contributed by atoms with Gasteiger partial charge in [-0.25, -0.2) is 0 Å². The lowest BCUT2D eigenvalue weighted by Gasteiger charge is -2.36. The maximum atomic E-state index is 13.2. The van der Waals surface area contributed by atoms with Crippen molar-refractivity contribution < 1.29 is 14.3 Å². The van der Waals surface area contributed by atoms with Crippen molar-refractivity contribution in [2.75, 3.05) is 13.2 Å². The first-order valence-electron chi connectivity index (χ1n) is 11.0. The van der Waals surface area contributed by atoms with Gasteiger partial charge in [0.15, 0.2) is 28.6 Å². The number of piperidine rings is 1. The molecule has 7 nitrogen and oxygen atoms in total. The average molecular weight is 443 g/mol. The Kier molecular flexibility index (Phi) is 6.85. The number of carbonyl (C=O) groups is 1. The van der Waals surface area contributed by atoms with Crippen LogP contribution >= 0.6 is 11.8 Å². The first-order valence-corrected chi connectivity index (χ1v) is 11.9. The second kappa shape index (κ2) is 9.77. The topological polar surface area (TPSA) is 69.5 Å². The van der Waals surface area contributed by atoms with Crippen LogP contribution in [-0.4, -0.2) is 50.0 Å². The maximum Gasteiger partial charge on any atom is 0.236 e. The number of hydrogen-bond donors (Lipinski definition) is 0. The zero-order chi connectivity index (χ0) is 21.8. The van der Waals surface area contributed by atoms with Crippen molar-refractivity contribution >= 4 is 17.7 Å². The minimum absolute atomic E-state index is 0.178. The van der Waals surface area contributed by atoms with Gasteiger partial charge in [0.25, 0.3) is 0 Å². The molecule has 0 radical (unpaired) electrons. The number of amides is 1. The molecule has 2 aliphatic rings. The summed E-state index contributed by atoms with van der Waals surface area (Å²) in [6, 6.07) is 7.95. The number of allylic oxidation sites excluding steroid dienone is 1. The van der Waals surface area contributed by atoms with Crippen LogP contribution in [0.15, 0.2) is 42.1 Å². The zero-order valence-electron chi connectivity index (χ0n) is 18.2. The van der Waals surface area contributed by atoms with E-state index in [0.29, 0.717) is 35.9 Å². The second-order valence-corrected chi connectivity index (χ2v) is 9.26. The van der Waals surface area contributed by atoms with Gasteiger partial charge in [0.2, 0.25) is 5.91 Å². The van der Waals surface area contributed by atoms with Crippen molar-refractivity contribution in [3.05, 3.63) is 42.7 Å². The number of benzene rings is 1. The van der Waals surface area contributed by atoms with E-state index in [1.165, 1.54) is 18.2 Å². The van der Waals surface area contributed by atoms with Crippen LogP contribution in [0.3, 0.4) is 0 Å². The molecular formula is C23H30N4O3S. The predicted molar refractivity (Wildman–Crippen MR) is 120 cm³/mol. The Bertz CT molecular complexity index is 931. The lowest BCUT2D eigenvalue weighted by atomic mass is 10.00.